The van der Waals surface area contributed by atoms with E-state index in [2.05, 4.69) is 32.8 Å². The van der Waals surface area contributed by atoms with Gasteiger partial charge in [-0.15, -0.1) is 0 Å². The van der Waals surface area contributed by atoms with Gasteiger partial charge in [0.15, 0.2) is 5.79 Å². The van der Waals surface area contributed by atoms with Crippen molar-refractivity contribution in [2.75, 3.05) is 18.5 Å². The number of aryl methyl sites for hydroxylation is 1. The van der Waals surface area contributed by atoms with Crippen LogP contribution >= 0.6 is 0 Å². The number of imidazole rings is 1. The van der Waals surface area contributed by atoms with Gasteiger partial charge in [-0.3, -0.25) is 19.7 Å². The number of rotatable bonds is 9. The molecule has 3 rings (SSSR count). The van der Waals surface area contributed by atoms with Crippen molar-refractivity contribution in [1.29, 1.82) is 0 Å². The maximum absolute atomic E-state index is 12.5. The van der Waals surface area contributed by atoms with Gasteiger partial charge in [-0.25, -0.2) is 4.98 Å². The molecule has 0 bridgehead atoms. The predicted molar refractivity (Wildman–Crippen MR) is 132 cm³/mol. The summed E-state index contributed by atoms with van der Waals surface area (Å²) in [6.45, 7) is 9.88. The van der Waals surface area contributed by atoms with E-state index in [1.165, 1.54) is 17.8 Å². The average molecular weight is 486 g/mol. The van der Waals surface area contributed by atoms with Crippen LogP contribution in [0, 0.1) is 5.41 Å². The molecule has 1 atom stereocenters. The quantitative estimate of drug-likeness (QED) is 0.404. The normalized spacial score (nSPS) is 18.9. The second kappa shape index (κ2) is 11.0. The summed E-state index contributed by atoms with van der Waals surface area (Å²) in [6, 6.07) is 5.98. The fraction of sp³-hybridized carbons (Fsp3) is 0.520. The lowest BCUT2D eigenvalue weighted by Crippen LogP contribution is -2.55. The number of carbonyl (C=O) groups is 3. The molecule has 1 fully saturated rings. The Bertz CT molecular complexity index is 1100. The van der Waals surface area contributed by atoms with Crippen LogP contribution in [0.25, 0.3) is 11.0 Å². The second-order valence-electron chi connectivity index (χ2n) is 9.79. The summed E-state index contributed by atoms with van der Waals surface area (Å²) in [7, 11) is 0. The first-order valence-electron chi connectivity index (χ1n) is 11.8. The predicted octanol–water partition coefficient (Wildman–Crippen LogP) is 2.77. The van der Waals surface area contributed by atoms with Gasteiger partial charge >= 0.3 is 0 Å². The standard InChI is InChI=1S/C25H35N5O5/c1-6-7-16-8-9-17-18(14-16)29-23(28-17)30-20(32)11-12-26-19(31)10-13-27-22(33)21-24(2,3)15-34-25(4,5)35-21/h8-10,13-14,21H,6-7,11-12,15H2,1-5H3,(H,26,31)(H,27,33)(H2,28,29,30,32)/b13-10+/t21-/m0/s1. The number of amides is 3. The van der Waals surface area contributed by atoms with E-state index in [0.29, 0.717) is 12.6 Å². The number of nitrogens with zero attached hydrogens (tertiary/aromatic N) is 1. The lowest BCUT2D eigenvalue weighted by molar-refractivity contribution is -0.303. The highest BCUT2D eigenvalue weighted by Gasteiger charge is 2.45. The molecule has 1 aliphatic heterocycles. The molecule has 1 aromatic heterocycles. The number of nitrogens with one attached hydrogen (secondary N) is 4. The second-order valence-corrected chi connectivity index (χ2v) is 9.79. The summed E-state index contributed by atoms with van der Waals surface area (Å²) in [5.41, 5.74) is 2.34. The van der Waals surface area contributed by atoms with Crippen LogP contribution in [0.2, 0.25) is 0 Å². The van der Waals surface area contributed by atoms with Crippen molar-refractivity contribution in [1.82, 2.24) is 20.6 Å². The third kappa shape index (κ3) is 7.37. The third-order valence-electron chi connectivity index (χ3n) is 5.60. The number of H-pyrrole nitrogens is 1. The number of ether oxygens (including phenoxy) is 2. The zero-order valence-electron chi connectivity index (χ0n) is 21.0. The van der Waals surface area contributed by atoms with Gasteiger partial charge in [0.05, 0.1) is 17.6 Å². The molecule has 0 unspecified atom stereocenters. The lowest BCUT2D eigenvalue weighted by Gasteiger charge is -2.44. The minimum atomic E-state index is -0.862. The Balaban J connectivity index is 1.41. The van der Waals surface area contributed by atoms with Gasteiger partial charge < -0.3 is 25.1 Å². The van der Waals surface area contributed by atoms with Crippen LogP contribution in [0.15, 0.2) is 30.5 Å². The van der Waals surface area contributed by atoms with Crippen LogP contribution < -0.4 is 16.0 Å². The highest BCUT2D eigenvalue weighted by Crippen LogP contribution is 2.34. The summed E-state index contributed by atoms with van der Waals surface area (Å²) in [5.74, 6) is -1.56. The molecular formula is C25H35N5O5. The summed E-state index contributed by atoms with van der Waals surface area (Å²) >= 11 is 0. The van der Waals surface area contributed by atoms with E-state index >= 15 is 0 Å². The van der Waals surface area contributed by atoms with E-state index in [-0.39, 0.29) is 24.8 Å². The summed E-state index contributed by atoms with van der Waals surface area (Å²) in [5, 5.41) is 7.90. The van der Waals surface area contributed by atoms with E-state index in [1.807, 2.05) is 32.0 Å². The summed E-state index contributed by atoms with van der Waals surface area (Å²) < 4.78 is 11.4. The minimum absolute atomic E-state index is 0.0727. The molecular weight excluding hydrogens is 450 g/mol. The van der Waals surface area contributed by atoms with Crippen molar-refractivity contribution < 1.29 is 23.9 Å². The fourth-order valence-corrected chi connectivity index (χ4v) is 3.71. The lowest BCUT2D eigenvalue weighted by atomic mass is 9.85. The monoisotopic (exact) mass is 485 g/mol. The van der Waals surface area contributed by atoms with Crippen LogP contribution in [-0.2, 0) is 30.3 Å². The molecule has 0 aliphatic carbocycles. The van der Waals surface area contributed by atoms with E-state index < -0.39 is 23.2 Å². The van der Waals surface area contributed by atoms with Crippen LogP contribution in [0.5, 0.6) is 0 Å². The Morgan fingerprint density at radius 2 is 2.00 bits per heavy atom. The molecule has 10 heteroatoms. The van der Waals surface area contributed by atoms with Gasteiger partial charge in [-0.1, -0.05) is 33.3 Å². The van der Waals surface area contributed by atoms with Crippen molar-refractivity contribution in [3.63, 3.8) is 0 Å². The van der Waals surface area contributed by atoms with E-state index in [0.717, 1.165) is 23.9 Å². The fourth-order valence-electron chi connectivity index (χ4n) is 3.71. The number of fused-ring (bicyclic) bond motifs is 1. The van der Waals surface area contributed by atoms with Crippen LogP contribution in [-0.4, -0.2) is 52.7 Å². The molecule has 0 saturated carbocycles. The number of benzene rings is 1. The van der Waals surface area contributed by atoms with Crippen molar-refractivity contribution >= 4 is 34.7 Å². The van der Waals surface area contributed by atoms with E-state index in [4.69, 9.17) is 9.47 Å². The zero-order valence-corrected chi connectivity index (χ0v) is 21.0. The maximum atomic E-state index is 12.5. The number of aromatic amines is 1. The van der Waals surface area contributed by atoms with Crippen molar-refractivity contribution in [2.45, 2.75) is 65.8 Å². The topological polar surface area (TPSA) is 134 Å². The zero-order chi connectivity index (χ0) is 25.6. The Morgan fingerprint density at radius 1 is 1.23 bits per heavy atom. The number of anilines is 1. The highest BCUT2D eigenvalue weighted by molar-refractivity contribution is 5.92. The smallest absolute Gasteiger partial charge is 0.253 e. The van der Waals surface area contributed by atoms with Crippen LogP contribution in [0.1, 0.15) is 53.0 Å². The average Bonchev–Trinajstić information content (AvgIpc) is 3.17. The first kappa shape index (κ1) is 26.4. The molecule has 10 nitrogen and oxygen atoms in total. The number of hydrogen-bond acceptors (Lipinski definition) is 6. The molecule has 3 amide bonds. The molecule has 35 heavy (non-hydrogen) atoms. The van der Waals surface area contributed by atoms with E-state index in [9.17, 15) is 14.4 Å². The molecule has 2 heterocycles. The first-order chi connectivity index (χ1) is 16.5. The third-order valence-corrected chi connectivity index (χ3v) is 5.60. The molecule has 0 radical (unpaired) electrons. The molecule has 4 N–H and O–H groups in total. The highest BCUT2D eigenvalue weighted by atomic mass is 16.7. The van der Waals surface area contributed by atoms with Gasteiger partial charge in [-0.05, 0) is 38.0 Å². The minimum Gasteiger partial charge on any atom is -0.352 e. The molecule has 1 saturated heterocycles. The Morgan fingerprint density at radius 3 is 2.74 bits per heavy atom. The summed E-state index contributed by atoms with van der Waals surface area (Å²) in [4.78, 5) is 44.2. The van der Waals surface area contributed by atoms with Gasteiger partial charge in [0.1, 0.15) is 6.10 Å². The molecule has 190 valence electrons. The Labute approximate surface area is 205 Å². The van der Waals surface area contributed by atoms with Gasteiger partial charge in [0.2, 0.25) is 17.8 Å². The number of aromatic nitrogens is 2. The Hall–Kier alpha value is -3.24. The Kier molecular flexibility index (Phi) is 8.29. The SMILES string of the molecule is CCCc1ccc2nc(NC(=O)CCNC(=O)/C=C/NC(=O)[C@@H]3OC(C)(C)OCC3(C)C)[nH]c2c1. The van der Waals surface area contributed by atoms with Crippen molar-refractivity contribution in [3.8, 4) is 0 Å². The first-order valence-corrected chi connectivity index (χ1v) is 11.8. The molecule has 0 spiro atoms. The van der Waals surface area contributed by atoms with Gasteiger partial charge in [0.25, 0.3) is 5.91 Å². The van der Waals surface area contributed by atoms with Crippen molar-refractivity contribution in [3.05, 3.63) is 36.0 Å². The molecule has 2 aromatic rings. The number of carbonyl (C=O) groups excluding carboxylic acids is 3. The number of hydrogen-bond donors (Lipinski definition) is 4. The van der Waals surface area contributed by atoms with Gasteiger partial charge in [-0.2, -0.15) is 0 Å². The molecule has 1 aliphatic rings. The maximum Gasteiger partial charge on any atom is 0.253 e. The van der Waals surface area contributed by atoms with Crippen LogP contribution in [0.4, 0.5) is 5.95 Å². The largest absolute Gasteiger partial charge is 0.352 e. The van der Waals surface area contributed by atoms with Crippen molar-refractivity contribution in [2.24, 2.45) is 5.41 Å². The molecule has 1 aromatic carbocycles. The van der Waals surface area contributed by atoms with Gasteiger partial charge in [0, 0.05) is 30.7 Å². The summed E-state index contributed by atoms with van der Waals surface area (Å²) in [6.07, 6.45) is 3.84. The van der Waals surface area contributed by atoms with Crippen LogP contribution in [0.3, 0.4) is 0 Å². The van der Waals surface area contributed by atoms with E-state index in [1.54, 1.807) is 13.8 Å².